The van der Waals surface area contributed by atoms with Gasteiger partial charge in [0.1, 0.15) is 0 Å². The van der Waals surface area contributed by atoms with Crippen LogP contribution in [-0.2, 0) is 11.2 Å². The first kappa shape index (κ1) is 12.2. The Labute approximate surface area is 95.9 Å². The van der Waals surface area contributed by atoms with Gasteiger partial charge in [0.05, 0.1) is 6.42 Å². The van der Waals surface area contributed by atoms with Crippen molar-refractivity contribution in [1.82, 2.24) is 4.90 Å². The summed E-state index contributed by atoms with van der Waals surface area (Å²) < 4.78 is 0. The van der Waals surface area contributed by atoms with E-state index in [2.05, 4.69) is 13.8 Å². The van der Waals surface area contributed by atoms with Gasteiger partial charge in [0.15, 0.2) is 0 Å². The molecule has 0 aliphatic rings. The van der Waals surface area contributed by atoms with Crippen molar-refractivity contribution >= 4 is 17.2 Å². The monoisotopic (exact) mass is 225 g/mol. The molecule has 0 saturated heterocycles. The fourth-order valence-corrected chi connectivity index (χ4v) is 2.22. The van der Waals surface area contributed by atoms with Gasteiger partial charge in [0.25, 0.3) is 0 Å². The minimum atomic E-state index is 0.244. The maximum Gasteiger partial charge on any atom is 0.227 e. The summed E-state index contributed by atoms with van der Waals surface area (Å²) >= 11 is 1.65. The third-order valence-electron chi connectivity index (χ3n) is 2.23. The number of rotatable bonds is 5. The summed E-state index contributed by atoms with van der Waals surface area (Å²) in [5, 5.41) is 2.02. The zero-order chi connectivity index (χ0) is 11.3. The molecule has 1 rings (SSSR count). The zero-order valence-corrected chi connectivity index (χ0v) is 10.5. The number of likely N-dealkylation sites (N-methyl/N-ethyl adjacent to an activating group) is 1. The Morgan fingerprint density at radius 3 is 2.73 bits per heavy atom. The molecule has 0 saturated carbocycles. The van der Waals surface area contributed by atoms with Gasteiger partial charge >= 0.3 is 0 Å². The summed E-state index contributed by atoms with van der Waals surface area (Å²) in [6.45, 7) is 7.99. The summed E-state index contributed by atoms with van der Waals surface area (Å²) in [6, 6.07) is 4.01. The van der Waals surface area contributed by atoms with Gasteiger partial charge in [-0.25, -0.2) is 0 Å². The second-order valence-corrected chi connectivity index (χ2v) is 5.11. The molecular weight excluding hydrogens is 206 g/mol. The molecule has 0 aromatic carbocycles. The number of carbonyl (C=O) groups is 1. The number of amides is 1. The lowest BCUT2D eigenvalue weighted by atomic mass is 10.2. The normalized spacial score (nSPS) is 10.7. The van der Waals surface area contributed by atoms with Gasteiger partial charge in [0.2, 0.25) is 5.91 Å². The molecule has 15 heavy (non-hydrogen) atoms. The first-order valence-electron chi connectivity index (χ1n) is 5.43. The predicted octanol–water partition coefficient (Wildman–Crippen LogP) is 2.80. The fourth-order valence-electron chi connectivity index (χ4n) is 1.52. The zero-order valence-electron chi connectivity index (χ0n) is 9.69. The molecule has 0 N–H and O–H groups in total. The van der Waals surface area contributed by atoms with Crippen LogP contribution in [0, 0.1) is 5.92 Å². The maximum absolute atomic E-state index is 11.9. The van der Waals surface area contributed by atoms with Crippen molar-refractivity contribution < 1.29 is 4.79 Å². The van der Waals surface area contributed by atoms with Crippen molar-refractivity contribution in [2.24, 2.45) is 5.92 Å². The van der Waals surface area contributed by atoms with Gasteiger partial charge in [-0.05, 0) is 24.3 Å². The largest absolute Gasteiger partial charge is 0.342 e. The predicted molar refractivity (Wildman–Crippen MR) is 65.1 cm³/mol. The van der Waals surface area contributed by atoms with E-state index in [0.717, 1.165) is 18.0 Å². The first-order valence-corrected chi connectivity index (χ1v) is 6.31. The van der Waals surface area contributed by atoms with E-state index in [4.69, 9.17) is 0 Å². The third-order valence-corrected chi connectivity index (χ3v) is 3.10. The van der Waals surface area contributed by atoms with Crippen molar-refractivity contribution in [3.05, 3.63) is 22.4 Å². The van der Waals surface area contributed by atoms with Crippen LogP contribution >= 0.6 is 11.3 Å². The quantitative estimate of drug-likeness (QED) is 0.754. The molecule has 3 heteroatoms. The number of nitrogens with zero attached hydrogens (tertiary/aromatic N) is 1. The first-order chi connectivity index (χ1) is 7.13. The molecule has 0 atom stereocenters. The molecule has 0 aliphatic heterocycles. The maximum atomic E-state index is 11.9. The van der Waals surface area contributed by atoms with E-state index in [0.29, 0.717) is 12.3 Å². The second kappa shape index (κ2) is 5.91. The fraction of sp³-hybridized carbons (Fsp3) is 0.583. The highest BCUT2D eigenvalue weighted by atomic mass is 32.1. The second-order valence-electron chi connectivity index (χ2n) is 4.08. The molecule has 1 aromatic rings. The van der Waals surface area contributed by atoms with Crippen molar-refractivity contribution in [2.75, 3.05) is 13.1 Å². The van der Waals surface area contributed by atoms with Gasteiger partial charge in [-0.1, -0.05) is 19.9 Å². The van der Waals surface area contributed by atoms with Gasteiger partial charge in [0, 0.05) is 18.0 Å². The van der Waals surface area contributed by atoms with Crippen molar-refractivity contribution in [2.45, 2.75) is 27.2 Å². The molecule has 1 amide bonds. The van der Waals surface area contributed by atoms with Crippen LogP contribution in [0.4, 0.5) is 0 Å². The average Bonchev–Trinajstić information content (AvgIpc) is 2.66. The Morgan fingerprint density at radius 2 is 2.27 bits per heavy atom. The SMILES string of the molecule is CCN(CC(C)C)C(=O)Cc1cccs1. The number of hydrogen-bond donors (Lipinski definition) is 0. The van der Waals surface area contributed by atoms with Gasteiger partial charge in [-0.2, -0.15) is 0 Å². The lowest BCUT2D eigenvalue weighted by Gasteiger charge is -2.22. The summed E-state index contributed by atoms with van der Waals surface area (Å²) in [7, 11) is 0. The Bertz CT molecular complexity index is 293. The Kier molecular flexibility index (Phi) is 4.82. The van der Waals surface area contributed by atoms with E-state index in [1.54, 1.807) is 11.3 Å². The molecule has 84 valence electrons. The van der Waals surface area contributed by atoms with Crippen molar-refractivity contribution in [1.29, 1.82) is 0 Å². The molecule has 1 heterocycles. The van der Waals surface area contributed by atoms with E-state index in [-0.39, 0.29) is 5.91 Å². The van der Waals surface area contributed by atoms with Crippen LogP contribution in [0.1, 0.15) is 25.6 Å². The topological polar surface area (TPSA) is 20.3 Å². The molecule has 2 nitrogen and oxygen atoms in total. The number of hydrogen-bond acceptors (Lipinski definition) is 2. The minimum Gasteiger partial charge on any atom is -0.342 e. The molecule has 0 fully saturated rings. The lowest BCUT2D eigenvalue weighted by Crippen LogP contribution is -2.34. The molecule has 0 aliphatic carbocycles. The van der Waals surface area contributed by atoms with E-state index in [9.17, 15) is 4.79 Å². The highest BCUT2D eigenvalue weighted by Gasteiger charge is 2.13. The van der Waals surface area contributed by atoms with Crippen molar-refractivity contribution in [3.8, 4) is 0 Å². The highest BCUT2D eigenvalue weighted by molar-refractivity contribution is 7.10. The number of thiophene rings is 1. The average molecular weight is 225 g/mol. The summed E-state index contributed by atoms with van der Waals surface area (Å²) in [4.78, 5) is 15.0. The molecule has 0 bridgehead atoms. The van der Waals surface area contributed by atoms with Crippen LogP contribution in [0.5, 0.6) is 0 Å². The van der Waals surface area contributed by atoms with Crippen LogP contribution < -0.4 is 0 Å². The Hall–Kier alpha value is -0.830. The summed E-state index contributed by atoms with van der Waals surface area (Å²) in [5.41, 5.74) is 0. The third kappa shape index (κ3) is 4.04. The van der Waals surface area contributed by atoms with Crippen LogP contribution in [0.3, 0.4) is 0 Å². The number of carbonyl (C=O) groups excluding carboxylic acids is 1. The van der Waals surface area contributed by atoms with Crippen LogP contribution in [0.15, 0.2) is 17.5 Å². The van der Waals surface area contributed by atoms with Gasteiger partial charge in [-0.3, -0.25) is 4.79 Å². The smallest absolute Gasteiger partial charge is 0.227 e. The van der Waals surface area contributed by atoms with Crippen LogP contribution in [0.25, 0.3) is 0 Å². The standard InChI is InChI=1S/C12H19NOS/c1-4-13(9-10(2)3)12(14)8-11-6-5-7-15-11/h5-7,10H,4,8-9H2,1-3H3. The Balaban J connectivity index is 2.50. The van der Waals surface area contributed by atoms with Gasteiger partial charge < -0.3 is 4.90 Å². The van der Waals surface area contributed by atoms with E-state index in [1.165, 1.54) is 0 Å². The molecule has 0 unspecified atom stereocenters. The van der Waals surface area contributed by atoms with E-state index < -0.39 is 0 Å². The molecule has 1 aromatic heterocycles. The minimum absolute atomic E-state index is 0.244. The van der Waals surface area contributed by atoms with Gasteiger partial charge in [-0.15, -0.1) is 11.3 Å². The van der Waals surface area contributed by atoms with E-state index >= 15 is 0 Å². The van der Waals surface area contributed by atoms with E-state index in [1.807, 2.05) is 29.3 Å². The molecular formula is C12H19NOS. The molecule has 0 spiro atoms. The lowest BCUT2D eigenvalue weighted by molar-refractivity contribution is -0.130. The summed E-state index contributed by atoms with van der Waals surface area (Å²) in [5.74, 6) is 0.783. The van der Waals surface area contributed by atoms with Crippen LogP contribution in [0.2, 0.25) is 0 Å². The van der Waals surface area contributed by atoms with Crippen molar-refractivity contribution in [3.63, 3.8) is 0 Å². The summed E-state index contributed by atoms with van der Waals surface area (Å²) in [6.07, 6.45) is 0.554. The highest BCUT2D eigenvalue weighted by Crippen LogP contribution is 2.11. The van der Waals surface area contributed by atoms with Crippen LogP contribution in [-0.4, -0.2) is 23.9 Å². The molecule has 0 radical (unpaired) electrons. The Morgan fingerprint density at radius 1 is 1.53 bits per heavy atom.